The van der Waals surface area contributed by atoms with E-state index in [9.17, 15) is 84.7 Å². The number of carboxylic acid groups (broad SMARTS) is 1. The van der Waals surface area contributed by atoms with E-state index in [4.69, 9.17) is 9.84 Å². The van der Waals surface area contributed by atoms with E-state index in [2.05, 4.69) is 4.74 Å². The van der Waals surface area contributed by atoms with Gasteiger partial charge in [-0.2, -0.15) is 8.78 Å². The Labute approximate surface area is 485 Å². The van der Waals surface area contributed by atoms with Crippen molar-refractivity contribution in [3.8, 4) is 11.5 Å². The van der Waals surface area contributed by atoms with Crippen LogP contribution in [0.2, 0.25) is 0 Å². The van der Waals surface area contributed by atoms with Crippen molar-refractivity contribution in [3.05, 3.63) is 65.2 Å². The molecule has 1 aliphatic heterocycles. The second kappa shape index (κ2) is 31.8. The van der Waals surface area contributed by atoms with Gasteiger partial charge in [-0.3, -0.25) is 67.1 Å². The Kier molecular flexibility index (Phi) is 26.1. The van der Waals surface area contributed by atoms with E-state index in [1.54, 1.807) is 0 Å². The molecule has 1 N–H and O–H groups in total. The van der Waals surface area contributed by atoms with E-state index < -0.39 is 184 Å². The highest BCUT2D eigenvalue weighted by molar-refractivity contribution is 6.28. The molecule has 12 amide bonds. The van der Waals surface area contributed by atoms with Gasteiger partial charge in [0, 0.05) is 101 Å². The highest BCUT2D eigenvalue weighted by atomic mass is 19.2. The third-order valence-corrected chi connectivity index (χ3v) is 12.8. The number of hydrogen-bond donors (Lipinski definition) is 1. The SMILES string of the molecule is CN(CC(=O)O)C(=O)CN(C)C(=O)CN(C)C(=O)CN(C)C(=O)CN(C)C(=O)CN(C)C(=O)CN(C)C(=O)CN(C)C(=O)CN(C)C(=O)CN(C)C(=O)CCCOc1cc(N2C(=O)C=CC2=O)ccc1CCC(=O)Oc1c(F)c(F)cc(F)c1F. The first kappa shape index (κ1) is 69.7. The van der Waals surface area contributed by atoms with Gasteiger partial charge >= 0.3 is 11.9 Å². The van der Waals surface area contributed by atoms with Gasteiger partial charge in [-0.05, 0) is 24.5 Å². The summed E-state index contributed by atoms with van der Waals surface area (Å²) in [5.74, 6) is -19.5. The topological polar surface area (TPSA) is 313 Å². The summed E-state index contributed by atoms with van der Waals surface area (Å²) in [6, 6.07) is 3.97. The summed E-state index contributed by atoms with van der Waals surface area (Å²) in [6.07, 6.45) is 1.07. The van der Waals surface area contributed by atoms with Crippen molar-refractivity contribution in [3.63, 3.8) is 0 Å². The van der Waals surface area contributed by atoms with Crippen LogP contribution in [0.15, 0.2) is 36.4 Å². The summed E-state index contributed by atoms with van der Waals surface area (Å²) in [6.45, 7) is -5.25. The molecule has 32 heteroatoms. The zero-order valence-corrected chi connectivity index (χ0v) is 48.5. The lowest BCUT2D eigenvalue weighted by Crippen LogP contribution is -2.49. The molecule has 0 spiro atoms. The number of rotatable bonds is 30. The lowest BCUT2D eigenvalue weighted by Gasteiger charge is -2.27. The first-order valence-electron chi connectivity index (χ1n) is 25.6. The number of halogens is 4. The number of esters is 1. The highest BCUT2D eigenvalue weighted by Gasteiger charge is 2.30. The van der Waals surface area contributed by atoms with Gasteiger partial charge < -0.3 is 63.6 Å². The van der Waals surface area contributed by atoms with Gasteiger partial charge in [-0.15, -0.1) is 0 Å². The first-order chi connectivity index (χ1) is 39.6. The Morgan fingerprint density at radius 2 is 0.765 bits per heavy atom. The molecule has 0 radical (unpaired) electrons. The van der Waals surface area contributed by atoms with E-state index in [0.717, 1.165) is 66.1 Å². The molecule has 1 heterocycles. The molecule has 0 aromatic heterocycles. The largest absolute Gasteiger partial charge is 0.493 e. The van der Waals surface area contributed by atoms with Gasteiger partial charge in [-0.1, -0.05) is 6.07 Å². The molecule has 85 heavy (non-hydrogen) atoms. The Balaban J connectivity index is 1.43. The molecule has 3 rings (SSSR count). The lowest BCUT2D eigenvalue weighted by molar-refractivity contribution is -0.147. The molecule has 2 aromatic carbocycles. The summed E-state index contributed by atoms with van der Waals surface area (Å²) in [5.41, 5.74) is 0.317. The van der Waals surface area contributed by atoms with Gasteiger partial charge in [0.25, 0.3) is 11.8 Å². The molecule has 0 fully saturated rings. The molecular weight excluding hydrogens is 1140 g/mol. The number of benzene rings is 2. The molecule has 0 saturated heterocycles. The number of hydrogen-bond acceptors (Lipinski definition) is 16. The Hall–Kier alpha value is -9.52. The molecule has 1 aliphatic rings. The van der Waals surface area contributed by atoms with E-state index in [0.29, 0.717) is 0 Å². The number of carbonyl (C=O) groups excluding carboxylic acids is 13. The van der Waals surface area contributed by atoms with E-state index in [-0.39, 0.29) is 48.9 Å². The van der Waals surface area contributed by atoms with Crippen molar-refractivity contribution in [2.24, 2.45) is 0 Å². The van der Waals surface area contributed by atoms with Crippen LogP contribution in [-0.4, -0.2) is 279 Å². The van der Waals surface area contributed by atoms with Crippen molar-refractivity contribution >= 4 is 88.5 Å². The number of aryl methyl sites for hydroxylation is 1. The third kappa shape index (κ3) is 21.0. The number of ether oxygens (including phenoxy) is 2. The fourth-order valence-corrected chi connectivity index (χ4v) is 7.31. The molecule has 2 aromatic rings. The van der Waals surface area contributed by atoms with E-state index in [1.807, 2.05) is 0 Å². The van der Waals surface area contributed by atoms with Crippen LogP contribution in [0, 0.1) is 23.3 Å². The van der Waals surface area contributed by atoms with Crippen LogP contribution in [0.4, 0.5) is 23.2 Å². The van der Waals surface area contributed by atoms with Crippen molar-refractivity contribution < 1.29 is 99.3 Å². The smallest absolute Gasteiger partial charge is 0.323 e. The molecule has 0 saturated carbocycles. The maximum absolute atomic E-state index is 14.1. The predicted octanol–water partition coefficient (Wildman–Crippen LogP) is -1.96. The number of carboxylic acids is 1. The molecule has 0 unspecified atom stereocenters. The number of nitrogens with zero attached hydrogens (tertiary/aromatic N) is 11. The van der Waals surface area contributed by atoms with Crippen molar-refractivity contribution in [2.45, 2.75) is 25.7 Å². The number of aliphatic carboxylic acids is 1. The fourth-order valence-electron chi connectivity index (χ4n) is 7.31. The Morgan fingerprint density at radius 3 is 1.09 bits per heavy atom. The van der Waals surface area contributed by atoms with Crippen LogP contribution in [-0.2, 0) is 73.5 Å². The number of likely N-dealkylation sites (N-methyl/N-ethyl adjacent to an activating group) is 10. The summed E-state index contributed by atoms with van der Waals surface area (Å²) >= 11 is 0. The van der Waals surface area contributed by atoms with Crippen LogP contribution in [0.1, 0.15) is 24.8 Å². The lowest BCUT2D eigenvalue weighted by atomic mass is 10.1. The second-order valence-electron chi connectivity index (χ2n) is 19.8. The zero-order valence-electron chi connectivity index (χ0n) is 48.5. The van der Waals surface area contributed by atoms with Crippen molar-refractivity contribution in [1.82, 2.24) is 49.0 Å². The number of amides is 12. The second-order valence-corrected chi connectivity index (χ2v) is 19.8. The minimum atomic E-state index is -1.93. The maximum atomic E-state index is 14.1. The summed E-state index contributed by atoms with van der Waals surface area (Å²) in [4.78, 5) is 188. The maximum Gasteiger partial charge on any atom is 0.323 e. The quantitative estimate of drug-likeness (QED) is 0.0222. The summed E-state index contributed by atoms with van der Waals surface area (Å²) in [5, 5.41) is 8.86. The Morgan fingerprint density at radius 1 is 0.447 bits per heavy atom. The van der Waals surface area contributed by atoms with Gasteiger partial charge in [0.1, 0.15) is 12.3 Å². The minimum Gasteiger partial charge on any atom is -0.493 e. The molecule has 464 valence electrons. The number of anilines is 1. The van der Waals surface area contributed by atoms with Crippen LogP contribution in [0.25, 0.3) is 0 Å². The average molecular weight is 1210 g/mol. The third-order valence-electron chi connectivity index (χ3n) is 12.8. The van der Waals surface area contributed by atoms with E-state index >= 15 is 0 Å². The monoisotopic (exact) mass is 1210 g/mol. The van der Waals surface area contributed by atoms with Gasteiger partial charge in [-0.25, -0.2) is 13.7 Å². The van der Waals surface area contributed by atoms with Crippen LogP contribution >= 0.6 is 0 Å². The standard InChI is InChI=1S/C53H67F4N11O17/c1-58(37(69)12-11-19-84-36-20-33(68-38(70)16-17-39(68)71)15-13-32(36)14-18-50(83)85-53-51(56)34(54)21-35(55)52(53)57)22-40(72)59(2)23-41(73)60(3)24-42(74)61(4)25-43(75)62(5)26-44(76)63(6)27-45(77)64(7)28-46(78)65(8)29-47(79)66(9)30-48(80)67(10)31-49(81)82/h13,15-17,20-21H,11-12,14,18-19,22-31H2,1-10H3,(H,81,82). The molecule has 0 aliphatic carbocycles. The van der Waals surface area contributed by atoms with Crippen LogP contribution < -0.4 is 14.4 Å². The summed E-state index contributed by atoms with van der Waals surface area (Å²) < 4.78 is 66.0. The van der Waals surface area contributed by atoms with Crippen molar-refractivity contribution in [1.29, 1.82) is 0 Å². The predicted molar refractivity (Wildman–Crippen MR) is 287 cm³/mol. The highest BCUT2D eigenvalue weighted by Crippen LogP contribution is 2.31. The van der Waals surface area contributed by atoms with Gasteiger partial charge in [0.15, 0.2) is 11.6 Å². The molecule has 0 atom stereocenters. The molecule has 28 nitrogen and oxygen atoms in total. The first-order valence-corrected chi connectivity index (χ1v) is 25.6. The number of imide groups is 1. The van der Waals surface area contributed by atoms with Crippen LogP contribution in [0.3, 0.4) is 0 Å². The molecular formula is C53H67F4N11O17. The summed E-state index contributed by atoms with van der Waals surface area (Å²) in [7, 11) is 12.8. The average Bonchev–Trinajstić information content (AvgIpc) is 3.94. The molecule has 0 bridgehead atoms. The van der Waals surface area contributed by atoms with Crippen LogP contribution in [0.5, 0.6) is 11.5 Å². The zero-order chi connectivity index (χ0) is 64.3. The number of carbonyl (C=O) groups is 14. The van der Waals surface area contributed by atoms with E-state index in [1.165, 1.54) is 88.7 Å². The normalized spacial score (nSPS) is 11.5. The van der Waals surface area contributed by atoms with Gasteiger partial charge in [0.2, 0.25) is 76.5 Å². The fraction of sp³-hybridized carbons (Fsp3) is 0.472. The van der Waals surface area contributed by atoms with Gasteiger partial charge in [0.05, 0.1) is 77.6 Å². The Bertz CT molecular complexity index is 2940. The van der Waals surface area contributed by atoms with Crippen molar-refractivity contribution in [2.75, 3.05) is 147 Å². The minimum absolute atomic E-state index is 0.0141.